The third-order valence-corrected chi connectivity index (χ3v) is 6.05. The summed E-state index contributed by atoms with van der Waals surface area (Å²) in [6, 6.07) is 16.7. The van der Waals surface area contributed by atoms with E-state index in [9.17, 15) is 4.79 Å². The second-order valence-corrected chi connectivity index (χ2v) is 8.85. The lowest BCUT2D eigenvalue weighted by molar-refractivity contribution is -0.115. The van der Waals surface area contributed by atoms with E-state index in [1.54, 1.807) is 26.0 Å². The van der Waals surface area contributed by atoms with Gasteiger partial charge in [-0.15, -0.1) is 10.2 Å². The van der Waals surface area contributed by atoms with Gasteiger partial charge < -0.3 is 9.26 Å². The molecule has 2 heterocycles. The van der Waals surface area contributed by atoms with E-state index in [-0.39, 0.29) is 5.91 Å². The summed E-state index contributed by atoms with van der Waals surface area (Å²) >= 11 is 7.73. The number of nitrogens with zero attached hydrogens (tertiary/aromatic N) is 4. The maximum atomic E-state index is 12.7. The number of halogens is 1. The van der Waals surface area contributed by atoms with Crippen molar-refractivity contribution < 1.29 is 14.1 Å². The summed E-state index contributed by atoms with van der Waals surface area (Å²) in [5.74, 6) is 1.40. The number of nitrogens with one attached hydrogen (secondary N) is 1. The highest BCUT2D eigenvalue weighted by Crippen LogP contribution is 2.34. The van der Waals surface area contributed by atoms with Crippen molar-refractivity contribution in [2.75, 3.05) is 11.9 Å². The standard InChI is InChI=1S/C23H22ClN5O3S/c1-4-31-17-11-9-16(10-12-17)29-21(18-7-5-6-8-19(18)24)26-27-23(29)33-15(3)22(30)25-20-13-14(2)28-32-20/h5-13,15H,4H2,1-3H3,(H,25,30). The van der Waals surface area contributed by atoms with E-state index in [0.29, 0.717) is 34.2 Å². The summed E-state index contributed by atoms with van der Waals surface area (Å²) in [4.78, 5) is 12.7. The van der Waals surface area contributed by atoms with Gasteiger partial charge in [-0.1, -0.05) is 40.7 Å². The summed E-state index contributed by atoms with van der Waals surface area (Å²) in [6.07, 6.45) is 0. The van der Waals surface area contributed by atoms with Crippen molar-refractivity contribution in [3.8, 4) is 22.8 Å². The van der Waals surface area contributed by atoms with E-state index in [1.807, 2.05) is 54.0 Å². The first-order valence-corrected chi connectivity index (χ1v) is 11.6. The average molecular weight is 484 g/mol. The minimum absolute atomic E-state index is 0.239. The minimum atomic E-state index is -0.486. The minimum Gasteiger partial charge on any atom is -0.494 e. The van der Waals surface area contributed by atoms with Gasteiger partial charge in [0.05, 0.1) is 22.6 Å². The molecule has 0 radical (unpaired) electrons. The van der Waals surface area contributed by atoms with Crippen molar-refractivity contribution >= 4 is 35.2 Å². The maximum absolute atomic E-state index is 12.7. The number of anilines is 1. The molecule has 1 amide bonds. The molecule has 0 bridgehead atoms. The molecule has 170 valence electrons. The van der Waals surface area contributed by atoms with Crippen LogP contribution in [0.3, 0.4) is 0 Å². The number of ether oxygens (including phenoxy) is 1. The van der Waals surface area contributed by atoms with Crippen LogP contribution in [0.1, 0.15) is 19.5 Å². The summed E-state index contributed by atoms with van der Waals surface area (Å²) < 4.78 is 12.5. The Morgan fingerprint density at radius 1 is 1.21 bits per heavy atom. The Morgan fingerprint density at radius 2 is 1.97 bits per heavy atom. The molecule has 8 nitrogen and oxygen atoms in total. The quantitative estimate of drug-likeness (QED) is 0.335. The van der Waals surface area contributed by atoms with Crippen LogP contribution in [-0.2, 0) is 4.79 Å². The lowest BCUT2D eigenvalue weighted by Crippen LogP contribution is -2.22. The Balaban J connectivity index is 1.67. The van der Waals surface area contributed by atoms with Gasteiger partial charge in [0.1, 0.15) is 5.75 Å². The fourth-order valence-electron chi connectivity index (χ4n) is 3.11. The van der Waals surface area contributed by atoms with Crippen molar-refractivity contribution in [3.05, 3.63) is 65.3 Å². The first-order valence-electron chi connectivity index (χ1n) is 10.3. The number of hydrogen-bond donors (Lipinski definition) is 1. The molecule has 0 aliphatic carbocycles. The molecule has 33 heavy (non-hydrogen) atoms. The average Bonchev–Trinajstić information content (AvgIpc) is 3.40. The van der Waals surface area contributed by atoms with Crippen molar-refractivity contribution in [2.45, 2.75) is 31.2 Å². The fourth-order valence-corrected chi connectivity index (χ4v) is 4.20. The van der Waals surface area contributed by atoms with Crippen LogP contribution in [-0.4, -0.2) is 37.7 Å². The lowest BCUT2D eigenvalue weighted by atomic mass is 10.2. The number of aryl methyl sites for hydroxylation is 1. The Bertz CT molecular complexity index is 1260. The van der Waals surface area contributed by atoms with Crippen molar-refractivity contribution in [1.29, 1.82) is 0 Å². The fraction of sp³-hybridized carbons (Fsp3) is 0.217. The normalized spacial score (nSPS) is 11.9. The van der Waals surface area contributed by atoms with E-state index in [0.717, 1.165) is 17.0 Å². The molecule has 2 aromatic heterocycles. The van der Waals surface area contributed by atoms with Gasteiger partial charge in [0.15, 0.2) is 11.0 Å². The highest BCUT2D eigenvalue weighted by molar-refractivity contribution is 8.00. The molecule has 0 fully saturated rings. The number of carbonyl (C=O) groups excluding carboxylic acids is 1. The van der Waals surface area contributed by atoms with Crippen LogP contribution in [0, 0.1) is 6.92 Å². The molecule has 2 aromatic carbocycles. The van der Waals surface area contributed by atoms with Gasteiger partial charge in [-0.3, -0.25) is 14.7 Å². The van der Waals surface area contributed by atoms with Gasteiger partial charge in [-0.25, -0.2) is 0 Å². The number of carbonyl (C=O) groups is 1. The predicted octanol–water partition coefficient (Wildman–Crippen LogP) is 5.40. The molecule has 0 aliphatic heterocycles. The van der Waals surface area contributed by atoms with Crippen LogP contribution in [0.15, 0.2) is 64.3 Å². The third-order valence-electron chi connectivity index (χ3n) is 4.68. The number of thioether (sulfide) groups is 1. The van der Waals surface area contributed by atoms with E-state index < -0.39 is 5.25 Å². The second-order valence-electron chi connectivity index (χ2n) is 7.13. The van der Waals surface area contributed by atoms with Gasteiger partial charge >= 0.3 is 0 Å². The van der Waals surface area contributed by atoms with Gasteiger partial charge in [-0.2, -0.15) is 0 Å². The van der Waals surface area contributed by atoms with Crippen LogP contribution >= 0.6 is 23.4 Å². The van der Waals surface area contributed by atoms with Crippen LogP contribution < -0.4 is 10.1 Å². The molecule has 1 atom stereocenters. The van der Waals surface area contributed by atoms with E-state index in [4.69, 9.17) is 20.9 Å². The van der Waals surface area contributed by atoms with Crippen molar-refractivity contribution in [3.63, 3.8) is 0 Å². The molecule has 10 heteroatoms. The number of rotatable bonds is 8. The SMILES string of the molecule is CCOc1ccc(-n2c(SC(C)C(=O)Nc3cc(C)no3)nnc2-c2ccccc2Cl)cc1. The Morgan fingerprint density at radius 3 is 2.64 bits per heavy atom. The van der Waals surface area contributed by atoms with Gasteiger partial charge in [0, 0.05) is 17.3 Å². The summed E-state index contributed by atoms with van der Waals surface area (Å²) in [5.41, 5.74) is 2.24. The topological polar surface area (TPSA) is 95.1 Å². The Kier molecular flexibility index (Phi) is 7.00. The molecule has 0 aliphatic rings. The number of hydrogen-bond acceptors (Lipinski definition) is 7. The molecule has 0 saturated heterocycles. The number of benzene rings is 2. The maximum Gasteiger partial charge on any atom is 0.240 e. The smallest absolute Gasteiger partial charge is 0.240 e. The van der Waals surface area contributed by atoms with Crippen molar-refractivity contribution in [1.82, 2.24) is 19.9 Å². The van der Waals surface area contributed by atoms with Gasteiger partial charge in [0.25, 0.3) is 0 Å². The highest BCUT2D eigenvalue weighted by Gasteiger charge is 2.23. The molecule has 1 N–H and O–H groups in total. The number of amides is 1. The molecule has 4 aromatic rings. The van der Waals surface area contributed by atoms with E-state index in [2.05, 4.69) is 20.7 Å². The lowest BCUT2D eigenvalue weighted by Gasteiger charge is -2.14. The summed E-state index contributed by atoms with van der Waals surface area (Å²) in [6.45, 7) is 6.09. The summed E-state index contributed by atoms with van der Waals surface area (Å²) in [5, 5.41) is 15.9. The molecular formula is C23H22ClN5O3S. The van der Waals surface area contributed by atoms with Gasteiger partial charge in [-0.05, 0) is 57.2 Å². The molecular weight excluding hydrogens is 462 g/mol. The molecule has 4 rings (SSSR count). The van der Waals surface area contributed by atoms with E-state index in [1.165, 1.54) is 11.8 Å². The second kappa shape index (κ2) is 10.1. The molecule has 0 spiro atoms. The largest absolute Gasteiger partial charge is 0.494 e. The van der Waals surface area contributed by atoms with Crippen LogP contribution in [0.25, 0.3) is 17.1 Å². The first kappa shape index (κ1) is 22.9. The zero-order chi connectivity index (χ0) is 23.4. The summed E-state index contributed by atoms with van der Waals surface area (Å²) in [7, 11) is 0. The predicted molar refractivity (Wildman–Crippen MR) is 128 cm³/mol. The van der Waals surface area contributed by atoms with Gasteiger partial charge in [0.2, 0.25) is 11.8 Å². The van der Waals surface area contributed by atoms with Crippen molar-refractivity contribution in [2.24, 2.45) is 0 Å². The van der Waals surface area contributed by atoms with Crippen LogP contribution in [0.4, 0.5) is 5.88 Å². The monoisotopic (exact) mass is 483 g/mol. The van der Waals surface area contributed by atoms with E-state index >= 15 is 0 Å². The zero-order valence-electron chi connectivity index (χ0n) is 18.3. The van der Waals surface area contributed by atoms with Crippen LogP contribution in [0.5, 0.6) is 5.75 Å². The number of aromatic nitrogens is 4. The Hall–Kier alpha value is -3.30. The first-order chi connectivity index (χ1) is 16.0. The molecule has 0 saturated carbocycles. The Labute approximate surface area is 200 Å². The zero-order valence-corrected chi connectivity index (χ0v) is 19.9. The molecule has 1 unspecified atom stereocenters. The van der Waals surface area contributed by atoms with Crippen LogP contribution in [0.2, 0.25) is 5.02 Å². The highest BCUT2D eigenvalue weighted by atomic mass is 35.5. The third kappa shape index (κ3) is 5.20.